The molecule has 0 aliphatic carbocycles. The first-order valence-corrected chi connectivity index (χ1v) is 3.58. The van der Waals surface area contributed by atoms with Gasteiger partial charge in [0.1, 0.15) is 0 Å². The van der Waals surface area contributed by atoms with Gasteiger partial charge in [0, 0.05) is 11.9 Å². The van der Waals surface area contributed by atoms with E-state index in [-0.39, 0.29) is 6.42 Å². The number of carbonyl (C=O) groups is 1. The molecule has 0 aliphatic heterocycles. The maximum absolute atomic E-state index is 12.0. The lowest BCUT2D eigenvalue weighted by Gasteiger charge is -2.25. The van der Waals surface area contributed by atoms with Crippen LogP contribution in [0.4, 0.5) is 13.2 Å². The molecule has 0 radical (unpaired) electrons. The van der Waals surface area contributed by atoms with Crippen LogP contribution in [0, 0.1) is 11.8 Å². The number of halogens is 3. The van der Waals surface area contributed by atoms with Gasteiger partial charge in [-0.25, -0.2) is 0 Å². The van der Waals surface area contributed by atoms with Gasteiger partial charge in [-0.1, -0.05) is 13.8 Å². The fourth-order valence-corrected chi connectivity index (χ4v) is 0.952. The summed E-state index contributed by atoms with van der Waals surface area (Å²) < 4.78 is 35.9. The molecule has 0 aromatic heterocycles. The van der Waals surface area contributed by atoms with E-state index in [4.69, 9.17) is 0 Å². The number of carboxylic acids is 1. The molecule has 72 valence electrons. The van der Waals surface area contributed by atoms with Gasteiger partial charge in [0.15, 0.2) is 0 Å². The summed E-state index contributed by atoms with van der Waals surface area (Å²) in [6, 6.07) is 0. The Morgan fingerprint density at radius 1 is 1.50 bits per heavy atom. The average molecular weight is 183 g/mol. The first-order valence-electron chi connectivity index (χ1n) is 3.58. The molecule has 2 atom stereocenters. The van der Waals surface area contributed by atoms with E-state index in [9.17, 15) is 23.1 Å². The topological polar surface area (TPSA) is 40.1 Å². The highest BCUT2D eigenvalue weighted by Gasteiger charge is 2.40. The number of hydrogen-bond acceptors (Lipinski definition) is 2. The van der Waals surface area contributed by atoms with Crippen molar-refractivity contribution in [2.75, 3.05) is 0 Å². The summed E-state index contributed by atoms with van der Waals surface area (Å²) in [6.07, 6.45) is -4.52. The van der Waals surface area contributed by atoms with Crippen LogP contribution < -0.4 is 5.11 Å². The minimum absolute atomic E-state index is 0.0665. The number of carbonyl (C=O) groups excluding carboxylic acids is 1. The molecule has 0 aromatic rings. The maximum atomic E-state index is 12.0. The van der Waals surface area contributed by atoms with Gasteiger partial charge in [0.2, 0.25) is 0 Å². The van der Waals surface area contributed by atoms with Gasteiger partial charge in [-0.05, 0) is 6.42 Å². The third kappa shape index (κ3) is 2.71. The highest BCUT2D eigenvalue weighted by Crippen LogP contribution is 2.32. The van der Waals surface area contributed by atoms with Crippen molar-refractivity contribution in [1.29, 1.82) is 0 Å². The number of aliphatic carboxylic acids is 1. The van der Waals surface area contributed by atoms with Crippen molar-refractivity contribution in [3.8, 4) is 0 Å². The maximum Gasteiger partial charge on any atom is 0.392 e. The summed E-state index contributed by atoms with van der Waals surface area (Å²) in [4.78, 5) is 10.2. The summed E-state index contributed by atoms with van der Waals surface area (Å²) in [5.74, 6) is -4.92. The van der Waals surface area contributed by atoms with Gasteiger partial charge >= 0.3 is 6.18 Å². The molecular weight excluding hydrogens is 173 g/mol. The normalized spacial score (nSPS) is 17.1. The molecule has 5 heteroatoms. The fourth-order valence-electron chi connectivity index (χ4n) is 0.952. The van der Waals surface area contributed by atoms with Crippen molar-refractivity contribution in [2.45, 2.75) is 26.4 Å². The molecule has 0 amide bonds. The Labute approximate surface area is 68.4 Å². The summed E-state index contributed by atoms with van der Waals surface area (Å²) in [5, 5.41) is 10.2. The molecule has 0 fully saturated rings. The molecule has 0 saturated carbocycles. The van der Waals surface area contributed by atoms with Gasteiger partial charge in [-0.2, -0.15) is 13.2 Å². The summed E-state index contributed by atoms with van der Waals surface area (Å²) in [5.41, 5.74) is 0. The minimum atomic E-state index is -4.46. The van der Waals surface area contributed by atoms with Gasteiger partial charge in [-0.15, -0.1) is 0 Å². The van der Waals surface area contributed by atoms with E-state index < -0.39 is 24.0 Å². The molecule has 0 N–H and O–H groups in total. The van der Waals surface area contributed by atoms with E-state index in [1.165, 1.54) is 6.92 Å². The van der Waals surface area contributed by atoms with Crippen LogP contribution >= 0.6 is 0 Å². The third-order valence-corrected chi connectivity index (χ3v) is 1.86. The summed E-state index contributed by atoms with van der Waals surface area (Å²) >= 11 is 0. The summed E-state index contributed by atoms with van der Waals surface area (Å²) in [7, 11) is 0. The Hall–Kier alpha value is -0.740. The first-order chi connectivity index (χ1) is 5.30. The van der Waals surface area contributed by atoms with Crippen molar-refractivity contribution in [3.63, 3.8) is 0 Å². The third-order valence-electron chi connectivity index (χ3n) is 1.86. The van der Waals surface area contributed by atoms with Crippen LogP contribution in [0.25, 0.3) is 0 Å². The van der Waals surface area contributed by atoms with Crippen molar-refractivity contribution < 1.29 is 23.1 Å². The molecule has 0 rings (SSSR count). The molecule has 0 aliphatic rings. The van der Waals surface area contributed by atoms with Crippen molar-refractivity contribution in [3.05, 3.63) is 0 Å². The Kier molecular flexibility index (Phi) is 3.55. The quantitative estimate of drug-likeness (QED) is 0.653. The standard InChI is InChI=1S/C7H11F3O2/c1-3-5(6(11)12)4(2)7(8,9)10/h4-5H,3H2,1-2H3,(H,11,12)/p-1. The van der Waals surface area contributed by atoms with E-state index in [1.54, 1.807) is 0 Å². The Morgan fingerprint density at radius 3 is 2.00 bits per heavy atom. The zero-order chi connectivity index (χ0) is 9.94. The fraction of sp³-hybridized carbons (Fsp3) is 0.857. The number of carboxylic acid groups (broad SMARTS) is 1. The van der Waals surface area contributed by atoms with E-state index >= 15 is 0 Å². The SMILES string of the molecule is CCC(C(=O)[O-])C(C)C(F)(F)F. The molecule has 12 heavy (non-hydrogen) atoms. The average Bonchev–Trinajstić information content (AvgIpc) is 1.86. The smallest absolute Gasteiger partial charge is 0.392 e. The lowest BCUT2D eigenvalue weighted by atomic mass is 9.91. The Morgan fingerprint density at radius 2 is 1.92 bits per heavy atom. The van der Waals surface area contributed by atoms with Gasteiger partial charge in [0.25, 0.3) is 0 Å². The molecule has 2 nitrogen and oxygen atoms in total. The molecule has 0 aromatic carbocycles. The minimum Gasteiger partial charge on any atom is -0.550 e. The van der Waals surface area contributed by atoms with Crippen molar-refractivity contribution in [2.24, 2.45) is 11.8 Å². The van der Waals surface area contributed by atoms with Crippen molar-refractivity contribution >= 4 is 5.97 Å². The molecule has 2 unspecified atom stereocenters. The van der Waals surface area contributed by atoms with Crippen LogP contribution in [-0.4, -0.2) is 12.1 Å². The van der Waals surface area contributed by atoms with Gasteiger partial charge < -0.3 is 9.90 Å². The zero-order valence-corrected chi connectivity index (χ0v) is 6.81. The Bertz CT molecular complexity index is 165. The molecule has 0 heterocycles. The Balaban J connectivity index is 4.42. The molecule has 0 spiro atoms. The number of alkyl halides is 3. The molecular formula is C7H10F3O2-. The van der Waals surface area contributed by atoms with Crippen LogP contribution in [0.2, 0.25) is 0 Å². The zero-order valence-electron chi connectivity index (χ0n) is 6.81. The molecule has 0 saturated heterocycles. The van der Waals surface area contributed by atoms with Gasteiger partial charge in [0.05, 0.1) is 5.92 Å². The molecule has 0 bridgehead atoms. The highest BCUT2D eigenvalue weighted by atomic mass is 19.4. The van der Waals surface area contributed by atoms with Crippen LogP contribution in [-0.2, 0) is 4.79 Å². The van der Waals surface area contributed by atoms with Crippen LogP contribution in [0.1, 0.15) is 20.3 Å². The summed E-state index contributed by atoms with van der Waals surface area (Å²) in [6.45, 7) is 2.24. The second-order valence-electron chi connectivity index (χ2n) is 2.66. The predicted molar refractivity (Wildman–Crippen MR) is 34.0 cm³/mol. The predicted octanol–water partition coefficient (Wildman–Crippen LogP) is 0.961. The van der Waals surface area contributed by atoms with E-state index in [1.807, 2.05) is 0 Å². The largest absolute Gasteiger partial charge is 0.550 e. The lowest BCUT2D eigenvalue weighted by molar-refractivity contribution is -0.318. The van der Waals surface area contributed by atoms with Crippen LogP contribution in [0.3, 0.4) is 0 Å². The number of hydrogen-bond donors (Lipinski definition) is 0. The first kappa shape index (κ1) is 11.3. The van der Waals surface area contributed by atoms with E-state index in [0.29, 0.717) is 0 Å². The van der Waals surface area contributed by atoms with E-state index in [0.717, 1.165) is 6.92 Å². The second kappa shape index (κ2) is 3.78. The van der Waals surface area contributed by atoms with Gasteiger partial charge in [-0.3, -0.25) is 0 Å². The van der Waals surface area contributed by atoms with Crippen LogP contribution in [0.5, 0.6) is 0 Å². The number of rotatable bonds is 3. The highest BCUT2D eigenvalue weighted by molar-refractivity contribution is 5.67. The van der Waals surface area contributed by atoms with Crippen LogP contribution in [0.15, 0.2) is 0 Å². The van der Waals surface area contributed by atoms with E-state index in [2.05, 4.69) is 0 Å². The lowest BCUT2D eigenvalue weighted by Crippen LogP contribution is -2.40. The monoisotopic (exact) mass is 183 g/mol. The van der Waals surface area contributed by atoms with Crippen molar-refractivity contribution in [1.82, 2.24) is 0 Å². The second-order valence-corrected chi connectivity index (χ2v) is 2.66.